The number of hydrogen-bond acceptors (Lipinski definition) is 6. The zero-order valence-corrected chi connectivity index (χ0v) is 23.0. The molecular formula is C30H24N6O2S2. The van der Waals surface area contributed by atoms with Gasteiger partial charge in [-0.25, -0.2) is 0 Å². The molecule has 0 radical (unpaired) electrons. The quantitative estimate of drug-likeness (QED) is 0.131. The van der Waals surface area contributed by atoms with Gasteiger partial charge in [0.05, 0.1) is 28.5 Å². The van der Waals surface area contributed by atoms with Crippen LogP contribution in [-0.2, 0) is 0 Å². The molecule has 0 bridgehead atoms. The van der Waals surface area contributed by atoms with E-state index in [-0.39, 0.29) is 17.8 Å². The summed E-state index contributed by atoms with van der Waals surface area (Å²) in [6.07, 6.45) is 5.43. The maximum Gasteiger partial charge on any atom is 0.269 e. The van der Waals surface area contributed by atoms with Crippen molar-refractivity contribution in [3.05, 3.63) is 137 Å². The number of nitrogens with zero attached hydrogens (tertiary/aromatic N) is 5. The zero-order chi connectivity index (χ0) is 27.6. The summed E-state index contributed by atoms with van der Waals surface area (Å²) < 4.78 is 2.22. The Labute approximate surface area is 240 Å². The summed E-state index contributed by atoms with van der Waals surface area (Å²) in [5.74, 6) is 0. The van der Waals surface area contributed by atoms with Crippen LogP contribution in [0, 0.1) is 17.0 Å². The zero-order valence-electron chi connectivity index (χ0n) is 21.4. The Hall–Kier alpha value is -4.54. The molecule has 8 nitrogen and oxygen atoms in total. The van der Waals surface area contributed by atoms with Crippen molar-refractivity contribution in [2.45, 2.75) is 28.8 Å². The Balaban J connectivity index is 1.37. The molecule has 1 saturated heterocycles. The molecule has 1 N–H and O–H groups in total. The monoisotopic (exact) mass is 564 g/mol. The van der Waals surface area contributed by atoms with Crippen molar-refractivity contribution in [3.63, 3.8) is 0 Å². The van der Waals surface area contributed by atoms with E-state index in [9.17, 15) is 10.1 Å². The number of aryl methyl sites for hydroxylation is 1. The standard InChI is InChI=1S/C30H24N6O2S2/c1-20-7-16-27(34(20)23-5-4-17-31-19-23)29-28(26-6-2-3-18-32-26)33-30(39)35(29)21-8-12-24(13-9-21)40-25-14-10-22(11-15-25)36(37)38/h2-19,28-29H,1H3,(H,33,39)/t28-,29-/m1/s1. The highest BCUT2D eigenvalue weighted by Gasteiger charge is 2.42. The van der Waals surface area contributed by atoms with E-state index in [4.69, 9.17) is 12.2 Å². The van der Waals surface area contributed by atoms with Crippen molar-refractivity contribution in [2.75, 3.05) is 4.90 Å². The molecule has 0 unspecified atom stereocenters. The predicted octanol–water partition coefficient (Wildman–Crippen LogP) is 6.81. The van der Waals surface area contributed by atoms with E-state index < -0.39 is 4.92 Å². The third-order valence-corrected chi connectivity index (χ3v) is 8.14. The van der Waals surface area contributed by atoms with E-state index in [1.807, 2.05) is 42.6 Å². The van der Waals surface area contributed by atoms with E-state index in [0.29, 0.717) is 5.11 Å². The average molecular weight is 565 g/mol. The Morgan fingerprint density at radius 3 is 2.30 bits per heavy atom. The third kappa shape index (κ3) is 4.94. The topological polar surface area (TPSA) is 89.1 Å². The first kappa shape index (κ1) is 25.7. The summed E-state index contributed by atoms with van der Waals surface area (Å²) in [4.78, 5) is 23.7. The van der Waals surface area contributed by atoms with Gasteiger partial charge < -0.3 is 14.8 Å². The lowest BCUT2D eigenvalue weighted by Gasteiger charge is -2.29. The SMILES string of the molecule is Cc1ccc([C@@H]2[C@@H](c3ccccn3)NC(=S)N2c2ccc(Sc3ccc([N+](=O)[O-])cc3)cc2)n1-c1cccnc1. The number of aromatic nitrogens is 3. The second-order valence-electron chi connectivity index (χ2n) is 9.29. The molecule has 6 rings (SSSR count). The van der Waals surface area contributed by atoms with E-state index >= 15 is 0 Å². The van der Waals surface area contributed by atoms with Gasteiger partial charge in [-0.3, -0.25) is 20.1 Å². The molecule has 4 heterocycles. The van der Waals surface area contributed by atoms with Gasteiger partial charge in [0.2, 0.25) is 0 Å². The molecular weight excluding hydrogens is 541 g/mol. The smallest absolute Gasteiger partial charge is 0.269 e. The Kier molecular flexibility index (Phi) is 7.02. The Morgan fingerprint density at radius 1 is 0.900 bits per heavy atom. The molecule has 0 spiro atoms. The number of anilines is 1. The molecule has 40 heavy (non-hydrogen) atoms. The average Bonchev–Trinajstić information content (AvgIpc) is 3.53. The van der Waals surface area contributed by atoms with Crippen LogP contribution in [0.1, 0.15) is 29.2 Å². The van der Waals surface area contributed by atoms with Crippen molar-refractivity contribution in [1.82, 2.24) is 19.9 Å². The van der Waals surface area contributed by atoms with Crippen molar-refractivity contribution in [2.24, 2.45) is 0 Å². The van der Waals surface area contributed by atoms with Gasteiger partial charge >= 0.3 is 0 Å². The van der Waals surface area contributed by atoms with E-state index in [1.165, 1.54) is 12.1 Å². The lowest BCUT2D eigenvalue weighted by atomic mass is 10.0. The van der Waals surface area contributed by atoms with Crippen LogP contribution < -0.4 is 10.2 Å². The molecule has 10 heteroatoms. The fourth-order valence-corrected chi connectivity index (χ4v) is 6.17. The first-order valence-electron chi connectivity index (χ1n) is 12.6. The highest BCUT2D eigenvalue weighted by Crippen LogP contribution is 2.43. The third-order valence-electron chi connectivity index (χ3n) is 6.81. The molecule has 5 aromatic rings. The van der Waals surface area contributed by atoms with Crippen molar-refractivity contribution < 1.29 is 4.92 Å². The minimum atomic E-state index is -0.392. The Morgan fingerprint density at radius 2 is 1.65 bits per heavy atom. The maximum atomic E-state index is 11.0. The first-order chi connectivity index (χ1) is 19.5. The van der Waals surface area contributed by atoms with Gasteiger partial charge in [0, 0.05) is 51.4 Å². The number of non-ortho nitro benzene ring substituents is 1. The van der Waals surface area contributed by atoms with Gasteiger partial charge in [0.15, 0.2) is 5.11 Å². The number of hydrogen-bond donors (Lipinski definition) is 1. The number of pyridine rings is 2. The Bertz CT molecular complexity index is 1660. The van der Waals surface area contributed by atoms with Gasteiger partial charge in [-0.15, -0.1) is 0 Å². The first-order valence-corrected chi connectivity index (χ1v) is 13.8. The molecule has 1 fully saturated rings. The highest BCUT2D eigenvalue weighted by atomic mass is 32.2. The number of benzene rings is 2. The van der Waals surface area contributed by atoms with Gasteiger partial charge in [-0.1, -0.05) is 17.8 Å². The number of thiocarbonyl (C=S) groups is 1. The van der Waals surface area contributed by atoms with E-state index in [1.54, 1.807) is 36.3 Å². The molecule has 0 aliphatic carbocycles. The normalized spacial score (nSPS) is 16.6. The van der Waals surface area contributed by atoms with Crippen LogP contribution in [0.2, 0.25) is 0 Å². The van der Waals surface area contributed by atoms with Crippen LogP contribution >= 0.6 is 24.0 Å². The van der Waals surface area contributed by atoms with Gasteiger partial charge in [-0.05, 0) is 91.9 Å². The maximum absolute atomic E-state index is 11.0. The molecule has 1 aliphatic heterocycles. The van der Waals surface area contributed by atoms with E-state index in [0.717, 1.165) is 38.2 Å². The van der Waals surface area contributed by atoms with Crippen LogP contribution in [0.15, 0.2) is 119 Å². The van der Waals surface area contributed by atoms with Crippen LogP contribution in [0.3, 0.4) is 0 Å². The van der Waals surface area contributed by atoms with Gasteiger partial charge in [0.1, 0.15) is 6.04 Å². The number of nitro benzene ring substituents is 1. The lowest BCUT2D eigenvalue weighted by molar-refractivity contribution is -0.384. The largest absolute Gasteiger partial charge is 0.351 e. The van der Waals surface area contributed by atoms with Crippen LogP contribution in [-0.4, -0.2) is 24.6 Å². The summed E-state index contributed by atoms with van der Waals surface area (Å²) in [6, 6.07) is 28.6. The minimum absolute atomic E-state index is 0.0783. The summed E-state index contributed by atoms with van der Waals surface area (Å²) >= 11 is 7.47. The van der Waals surface area contributed by atoms with Crippen molar-refractivity contribution in [3.8, 4) is 5.69 Å². The van der Waals surface area contributed by atoms with Gasteiger partial charge in [-0.2, -0.15) is 0 Å². The molecule has 198 valence electrons. The molecule has 0 amide bonds. The van der Waals surface area contributed by atoms with Crippen LogP contribution in [0.25, 0.3) is 5.69 Å². The van der Waals surface area contributed by atoms with Gasteiger partial charge in [0.25, 0.3) is 5.69 Å². The summed E-state index contributed by atoms with van der Waals surface area (Å²) in [5, 5.41) is 15.1. The molecule has 1 aliphatic rings. The molecule has 2 aromatic carbocycles. The molecule has 2 atom stereocenters. The fraction of sp³-hybridized carbons (Fsp3) is 0.100. The summed E-state index contributed by atoms with van der Waals surface area (Å²) in [5.41, 5.74) is 5.07. The lowest BCUT2D eigenvalue weighted by Crippen LogP contribution is -2.30. The number of rotatable bonds is 7. The van der Waals surface area contributed by atoms with Crippen LogP contribution in [0.4, 0.5) is 11.4 Å². The van der Waals surface area contributed by atoms with Crippen molar-refractivity contribution >= 4 is 40.5 Å². The van der Waals surface area contributed by atoms with Crippen molar-refractivity contribution in [1.29, 1.82) is 0 Å². The summed E-state index contributed by atoms with van der Waals surface area (Å²) in [7, 11) is 0. The molecule has 3 aromatic heterocycles. The second kappa shape index (κ2) is 10.9. The number of nitro groups is 1. The summed E-state index contributed by atoms with van der Waals surface area (Å²) in [6.45, 7) is 2.08. The van der Waals surface area contributed by atoms with Crippen LogP contribution in [0.5, 0.6) is 0 Å². The fourth-order valence-electron chi connectivity index (χ4n) is 5.01. The van der Waals surface area contributed by atoms with E-state index in [2.05, 4.69) is 62.0 Å². The number of nitrogens with one attached hydrogen (secondary N) is 1. The molecule has 0 saturated carbocycles. The second-order valence-corrected chi connectivity index (χ2v) is 10.8. The predicted molar refractivity (Wildman–Crippen MR) is 160 cm³/mol. The highest BCUT2D eigenvalue weighted by molar-refractivity contribution is 7.99. The minimum Gasteiger partial charge on any atom is -0.351 e.